The fourth-order valence-corrected chi connectivity index (χ4v) is 2.18. The molecule has 2 aromatic carbocycles. The molecule has 2 aromatic rings. The van der Waals surface area contributed by atoms with Crippen LogP contribution in [-0.2, 0) is 16.0 Å². The Morgan fingerprint density at radius 3 is 2.48 bits per heavy atom. The third-order valence-electron chi connectivity index (χ3n) is 3.38. The lowest BCUT2D eigenvalue weighted by Crippen LogP contribution is -2.16. The van der Waals surface area contributed by atoms with Crippen molar-refractivity contribution in [3.63, 3.8) is 0 Å². The first-order chi connectivity index (χ1) is 11.0. The van der Waals surface area contributed by atoms with Crippen molar-refractivity contribution in [2.45, 2.75) is 20.3 Å². The highest BCUT2D eigenvalue weighted by Crippen LogP contribution is 2.20. The summed E-state index contributed by atoms with van der Waals surface area (Å²) in [4.78, 5) is 24.0. The number of benzene rings is 2. The van der Waals surface area contributed by atoms with Crippen LogP contribution in [0.1, 0.15) is 28.4 Å². The van der Waals surface area contributed by atoms with Gasteiger partial charge in [-0.1, -0.05) is 18.2 Å². The number of anilines is 1. The van der Waals surface area contributed by atoms with E-state index in [0.29, 0.717) is 29.0 Å². The van der Waals surface area contributed by atoms with E-state index in [1.807, 2.05) is 0 Å². The molecule has 0 aliphatic heterocycles. The summed E-state index contributed by atoms with van der Waals surface area (Å²) >= 11 is 0. The molecular formula is C18H18FNO3. The zero-order valence-corrected chi connectivity index (χ0v) is 13.1. The van der Waals surface area contributed by atoms with Crippen molar-refractivity contribution in [1.82, 2.24) is 0 Å². The quantitative estimate of drug-likeness (QED) is 0.859. The molecule has 0 aliphatic rings. The first-order valence-corrected chi connectivity index (χ1v) is 7.32. The average molecular weight is 315 g/mol. The molecule has 120 valence electrons. The van der Waals surface area contributed by atoms with Crippen LogP contribution in [-0.4, -0.2) is 18.5 Å². The summed E-state index contributed by atoms with van der Waals surface area (Å²) in [6, 6.07) is 10.8. The van der Waals surface area contributed by atoms with Crippen LogP contribution < -0.4 is 5.32 Å². The minimum absolute atomic E-state index is 0.128. The maximum Gasteiger partial charge on any atom is 0.338 e. The first-order valence-electron chi connectivity index (χ1n) is 7.32. The van der Waals surface area contributed by atoms with Gasteiger partial charge in [-0.25, -0.2) is 9.18 Å². The Hall–Kier alpha value is -2.69. The van der Waals surface area contributed by atoms with Crippen LogP contribution in [0.5, 0.6) is 0 Å². The molecule has 0 fully saturated rings. The highest BCUT2D eigenvalue weighted by molar-refractivity contribution is 5.97. The van der Waals surface area contributed by atoms with Crippen LogP contribution in [0.3, 0.4) is 0 Å². The van der Waals surface area contributed by atoms with E-state index in [9.17, 15) is 14.0 Å². The Balaban J connectivity index is 2.10. The monoisotopic (exact) mass is 315 g/mol. The maximum absolute atomic E-state index is 12.9. The molecule has 23 heavy (non-hydrogen) atoms. The first kappa shape index (κ1) is 16.7. The number of carbonyl (C=O) groups excluding carboxylic acids is 2. The fourth-order valence-electron chi connectivity index (χ4n) is 2.18. The molecule has 0 aromatic heterocycles. The number of carbonyl (C=O) groups is 2. The lowest BCUT2D eigenvalue weighted by Gasteiger charge is -2.12. The number of hydrogen-bond acceptors (Lipinski definition) is 3. The third-order valence-corrected chi connectivity index (χ3v) is 3.38. The topological polar surface area (TPSA) is 55.4 Å². The van der Waals surface area contributed by atoms with Crippen LogP contribution in [0.4, 0.5) is 10.1 Å². The summed E-state index contributed by atoms with van der Waals surface area (Å²) in [5.41, 5.74) is 2.34. The summed E-state index contributed by atoms with van der Waals surface area (Å²) in [6.07, 6.45) is 0.128. The standard InChI is InChI=1S/C18H18FNO3/c1-3-23-18(22)15-5-4-6-16(12(15)2)20-17(21)11-13-7-9-14(19)10-8-13/h4-10H,3,11H2,1-2H3,(H,20,21). The molecule has 0 atom stereocenters. The van der Waals surface area contributed by atoms with Crippen molar-refractivity contribution < 1.29 is 18.7 Å². The predicted molar refractivity (Wildman–Crippen MR) is 85.9 cm³/mol. The Morgan fingerprint density at radius 1 is 1.13 bits per heavy atom. The summed E-state index contributed by atoms with van der Waals surface area (Å²) in [5, 5.41) is 2.77. The minimum atomic E-state index is -0.417. The number of halogens is 1. The van der Waals surface area contributed by atoms with Crippen molar-refractivity contribution >= 4 is 17.6 Å². The number of ether oxygens (including phenoxy) is 1. The summed E-state index contributed by atoms with van der Waals surface area (Å²) < 4.78 is 17.9. The molecule has 0 aliphatic carbocycles. The molecule has 1 N–H and O–H groups in total. The molecule has 0 radical (unpaired) electrons. The molecule has 4 nitrogen and oxygen atoms in total. The molecular weight excluding hydrogens is 297 g/mol. The predicted octanol–water partition coefficient (Wildman–Crippen LogP) is 3.49. The van der Waals surface area contributed by atoms with Gasteiger partial charge in [0, 0.05) is 5.69 Å². The summed E-state index contributed by atoms with van der Waals surface area (Å²) in [7, 11) is 0. The van der Waals surface area contributed by atoms with Gasteiger partial charge in [-0.2, -0.15) is 0 Å². The highest BCUT2D eigenvalue weighted by atomic mass is 19.1. The van der Waals surface area contributed by atoms with Crippen molar-refractivity contribution in [2.75, 3.05) is 11.9 Å². The van der Waals surface area contributed by atoms with Crippen LogP contribution in [0.15, 0.2) is 42.5 Å². The van der Waals surface area contributed by atoms with Gasteiger partial charge in [0.1, 0.15) is 5.82 Å². The maximum atomic E-state index is 12.9. The molecule has 0 unspecified atom stereocenters. The van der Waals surface area contributed by atoms with Gasteiger partial charge < -0.3 is 10.1 Å². The SMILES string of the molecule is CCOC(=O)c1cccc(NC(=O)Cc2ccc(F)cc2)c1C. The van der Waals surface area contributed by atoms with E-state index < -0.39 is 5.97 Å². The van der Waals surface area contributed by atoms with Gasteiger partial charge in [0.2, 0.25) is 5.91 Å². The van der Waals surface area contributed by atoms with Gasteiger partial charge in [-0.15, -0.1) is 0 Å². The summed E-state index contributed by atoms with van der Waals surface area (Å²) in [6.45, 7) is 3.78. The fraction of sp³-hybridized carbons (Fsp3) is 0.222. The Morgan fingerprint density at radius 2 is 1.83 bits per heavy atom. The number of nitrogens with one attached hydrogen (secondary N) is 1. The number of amides is 1. The van der Waals surface area contributed by atoms with E-state index in [1.165, 1.54) is 12.1 Å². The number of rotatable bonds is 5. The van der Waals surface area contributed by atoms with Gasteiger partial charge in [0.15, 0.2) is 0 Å². The van der Waals surface area contributed by atoms with Gasteiger partial charge in [0.25, 0.3) is 0 Å². The van der Waals surface area contributed by atoms with Crippen LogP contribution in [0, 0.1) is 12.7 Å². The smallest absolute Gasteiger partial charge is 0.338 e. The molecule has 0 spiro atoms. The van der Waals surface area contributed by atoms with Crippen molar-refractivity contribution in [2.24, 2.45) is 0 Å². The van der Waals surface area contributed by atoms with E-state index in [1.54, 1.807) is 44.2 Å². The summed E-state index contributed by atoms with van der Waals surface area (Å²) in [5.74, 6) is -0.993. The van der Waals surface area contributed by atoms with Crippen LogP contribution in [0.2, 0.25) is 0 Å². The second kappa shape index (κ2) is 7.54. The van der Waals surface area contributed by atoms with Crippen molar-refractivity contribution in [3.05, 3.63) is 65.0 Å². The van der Waals surface area contributed by atoms with Gasteiger partial charge in [-0.3, -0.25) is 4.79 Å². The van der Waals surface area contributed by atoms with E-state index in [0.717, 1.165) is 0 Å². The van der Waals surface area contributed by atoms with Crippen molar-refractivity contribution in [3.8, 4) is 0 Å². The second-order valence-corrected chi connectivity index (χ2v) is 5.05. The molecule has 0 heterocycles. The number of hydrogen-bond donors (Lipinski definition) is 1. The van der Waals surface area contributed by atoms with Crippen LogP contribution in [0.25, 0.3) is 0 Å². The lowest BCUT2D eigenvalue weighted by atomic mass is 10.1. The highest BCUT2D eigenvalue weighted by Gasteiger charge is 2.14. The van der Waals surface area contributed by atoms with Gasteiger partial charge in [-0.05, 0) is 49.2 Å². The molecule has 5 heteroatoms. The molecule has 2 rings (SSSR count). The largest absolute Gasteiger partial charge is 0.462 e. The number of esters is 1. The molecule has 1 amide bonds. The second-order valence-electron chi connectivity index (χ2n) is 5.05. The Kier molecular flexibility index (Phi) is 5.46. The minimum Gasteiger partial charge on any atom is -0.462 e. The Bertz CT molecular complexity index is 711. The Labute approximate surface area is 134 Å². The zero-order valence-electron chi connectivity index (χ0n) is 13.1. The van der Waals surface area contributed by atoms with Gasteiger partial charge >= 0.3 is 5.97 Å². The van der Waals surface area contributed by atoms with E-state index in [-0.39, 0.29) is 18.1 Å². The average Bonchev–Trinajstić information content (AvgIpc) is 2.52. The lowest BCUT2D eigenvalue weighted by molar-refractivity contribution is -0.115. The molecule has 0 saturated carbocycles. The van der Waals surface area contributed by atoms with E-state index >= 15 is 0 Å². The third kappa shape index (κ3) is 4.39. The molecule has 0 bridgehead atoms. The normalized spacial score (nSPS) is 10.2. The van der Waals surface area contributed by atoms with Crippen LogP contribution >= 0.6 is 0 Å². The van der Waals surface area contributed by atoms with E-state index in [2.05, 4.69) is 5.32 Å². The zero-order chi connectivity index (χ0) is 16.8. The van der Waals surface area contributed by atoms with E-state index in [4.69, 9.17) is 4.74 Å². The van der Waals surface area contributed by atoms with Crippen molar-refractivity contribution in [1.29, 1.82) is 0 Å². The van der Waals surface area contributed by atoms with Gasteiger partial charge in [0.05, 0.1) is 18.6 Å². The molecule has 0 saturated heterocycles.